The summed E-state index contributed by atoms with van der Waals surface area (Å²) in [6.45, 7) is 0. The second kappa shape index (κ2) is 2.91. The third kappa shape index (κ3) is 1.51. The highest BCUT2D eigenvalue weighted by Crippen LogP contribution is 1.53. The van der Waals surface area contributed by atoms with E-state index in [2.05, 4.69) is 9.97 Å². The van der Waals surface area contributed by atoms with Gasteiger partial charge in [-0.05, 0) is 0 Å². The highest BCUT2D eigenvalue weighted by Gasteiger charge is 1.97. The molecule has 0 spiro atoms. The molecule has 0 atom stereocenters. The summed E-state index contributed by atoms with van der Waals surface area (Å²) < 4.78 is 0. The first-order valence-corrected chi connectivity index (χ1v) is 7.39. The Balaban J connectivity index is 3.28. The van der Waals surface area contributed by atoms with E-state index in [4.69, 9.17) is 0 Å². The van der Waals surface area contributed by atoms with E-state index in [9.17, 15) is 0 Å². The predicted octanol–water partition coefficient (Wildman–Crippen LogP) is -7.56. The monoisotopic (exact) mass is 200 g/mol. The van der Waals surface area contributed by atoms with Gasteiger partial charge in [-0.25, -0.2) is 0 Å². The Morgan fingerprint density at radius 3 is 1.00 bits per heavy atom. The lowest BCUT2D eigenvalue weighted by Gasteiger charge is -2.02. The molecule has 0 aliphatic carbocycles. The van der Waals surface area contributed by atoms with E-state index >= 15 is 0 Å². The van der Waals surface area contributed by atoms with Crippen molar-refractivity contribution in [1.29, 1.82) is 0 Å². The van der Waals surface area contributed by atoms with Crippen molar-refractivity contribution in [3.63, 3.8) is 0 Å². The molecule has 6 heteroatoms. The number of aromatic nitrogens is 2. The summed E-state index contributed by atoms with van der Waals surface area (Å²) in [5.41, 5.74) is 0. The Labute approximate surface area is 72.6 Å². The fourth-order valence-electron chi connectivity index (χ4n) is 0.827. The topological polar surface area (TPSA) is 25.8 Å². The number of hydrogen-bond donors (Lipinski definition) is 0. The van der Waals surface area contributed by atoms with Gasteiger partial charge in [-0.3, -0.25) is 9.97 Å². The molecule has 0 unspecified atom stereocenters. The van der Waals surface area contributed by atoms with Crippen LogP contribution in [-0.2, 0) is 0 Å². The highest BCUT2D eigenvalue weighted by molar-refractivity contribution is 6.51. The first-order chi connectivity index (χ1) is 4.61. The Morgan fingerprint density at radius 2 is 0.800 bits per heavy atom. The van der Waals surface area contributed by atoms with Crippen molar-refractivity contribution < 1.29 is 0 Å². The molecule has 0 aromatic carbocycles. The molecule has 0 saturated heterocycles. The van der Waals surface area contributed by atoms with Crippen LogP contribution < -0.4 is 21.3 Å². The summed E-state index contributed by atoms with van der Waals surface area (Å²) in [6.07, 6.45) is 0. The van der Waals surface area contributed by atoms with Crippen LogP contribution in [0.1, 0.15) is 0 Å². The Hall–Kier alpha value is -0.0525. The van der Waals surface area contributed by atoms with Gasteiger partial charge in [0.2, 0.25) is 0 Å². The van der Waals surface area contributed by atoms with Crippen LogP contribution in [0.3, 0.4) is 0 Å². The van der Waals surface area contributed by atoms with Gasteiger partial charge in [0.15, 0.2) is 0 Å². The smallest absolute Gasteiger partial charge is 0.0641 e. The van der Waals surface area contributed by atoms with Crippen LogP contribution in [0.2, 0.25) is 0 Å². The zero-order valence-corrected chi connectivity index (χ0v) is 14.9. The van der Waals surface area contributed by atoms with Crippen LogP contribution >= 0.6 is 0 Å². The van der Waals surface area contributed by atoms with Crippen LogP contribution in [0.5, 0.6) is 0 Å². The number of rotatable bonds is 0. The predicted molar refractivity (Wildman–Crippen MR) is 60.3 cm³/mol. The Kier molecular flexibility index (Phi) is 2.34. The molecule has 54 valence electrons. The summed E-state index contributed by atoms with van der Waals surface area (Å²) in [5, 5.41) is 5.15. The fourth-order valence-corrected chi connectivity index (χ4v) is 3.51. The van der Waals surface area contributed by atoms with Gasteiger partial charge in [-0.1, -0.05) is 0 Å². The van der Waals surface area contributed by atoms with Gasteiger partial charge in [-0.15, -0.1) is 0 Å². The van der Waals surface area contributed by atoms with E-state index in [0.717, 1.165) is 41.0 Å². The van der Waals surface area contributed by atoms with E-state index in [-0.39, 0.29) is 0 Å². The molecular formula is C4H12N2Si4. The lowest BCUT2D eigenvalue weighted by molar-refractivity contribution is 1.38. The van der Waals surface area contributed by atoms with Gasteiger partial charge in [0.25, 0.3) is 0 Å². The zero-order valence-electron chi connectivity index (χ0n) is 6.89. The molecule has 1 aromatic heterocycles. The van der Waals surface area contributed by atoms with E-state index in [1.807, 2.05) is 0 Å². The molecular weight excluding hydrogens is 188 g/mol. The van der Waals surface area contributed by atoms with Crippen LogP contribution in [-0.4, -0.2) is 50.9 Å². The van der Waals surface area contributed by atoms with E-state index in [1.165, 1.54) is 21.3 Å². The van der Waals surface area contributed by atoms with Gasteiger partial charge in [0.05, 0.1) is 41.0 Å². The van der Waals surface area contributed by atoms with Crippen molar-refractivity contribution in [3.05, 3.63) is 0 Å². The number of nitrogens with zero attached hydrogens (tertiary/aromatic N) is 2. The minimum absolute atomic E-state index is 1.07. The van der Waals surface area contributed by atoms with E-state index < -0.39 is 0 Å². The van der Waals surface area contributed by atoms with Crippen LogP contribution in [0, 0.1) is 0 Å². The summed E-state index contributed by atoms with van der Waals surface area (Å²) in [6, 6.07) is 0. The van der Waals surface area contributed by atoms with Crippen molar-refractivity contribution in [3.8, 4) is 0 Å². The average Bonchev–Trinajstić information content (AvgIpc) is 1.84. The first-order valence-electron chi connectivity index (χ1n) is 3.39. The van der Waals surface area contributed by atoms with Gasteiger partial charge < -0.3 is 0 Å². The third-order valence-electron chi connectivity index (χ3n) is 1.72. The highest BCUT2D eigenvalue weighted by atomic mass is 28.2. The largest absolute Gasteiger partial charge is 0.267 e. The van der Waals surface area contributed by atoms with Crippen molar-refractivity contribution in [2.45, 2.75) is 0 Å². The lowest BCUT2D eigenvalue weighted by Crippen LogP contribution is -2.46. The maximum absolute atomic E-state index is 4.50. The summed E-state index contributed by atoms with van der Waals surface area (Å²) in [5.74, 6) is 0. The normalized spacial score (nSPS) is 11.2. The van der Waals surface area contributed by atoms with E-state index in [0.29, 0.717) is 0 Å². The standard InChI is InChI=1S/C4H12N2Si4/c7-1-2(8)6-4(10)3(9)5-1/h7-10H3. The second-order valence-corrected chi connectivity index (χ2v) is 6.35. The number of hydrogen-bond acceptors (Lipinski definition) is 2. The molecule has 0 saturated carbocycles. The quantitative estimate of drug-likeness (QED) is 0.389. The lowest BCUT2D eigenvalue weighted by atomic mass is 10.7. The van der Waals surface area contributed by atoms with Crippen LogP contribution in [0.4, 0.5) is 0 Å². The maximum atomic E-state index is 4.50. The maximum Gasteiger partial charge on any atom is 0.0641 e. The minimum atomic E-state index is 1.07. The molecule has 0 amide bonds. The molecule has 2 nitrogen and oxygen atoms in total. The molecule has 0 aliphatic heterocycles. The Bertz CT molecular complexity index is 211. The average molecular weight is 200 g/mol. The molecule has 0 N–H and O–H groups in total. The SMILES string of the molecule is [SiH3]c1nc([SiH3])c([SiH3])nc1[SiH3]. The summed E-state index contributed by atoms with van der Waals surface area (Å²) in [7, 11) is 4.29. The molecule has 0 radical (unpaired) electrons. The van der Waals surface area contributed by atoms with Crippen LogP contribution in [0.25, 0.3) is 0 Å². The van der Waals surface area contributed by atoms with Gasteiger partial charge >= 0.3 is 0 Å². The molecule has 1 rings (SSSR count). The summed E-state index contributed by atoms with van der Waals surface area (Å²) >= 11 is 0. The van der Waals surface area contributed by atoms with E-state index in [1.54, 1.807) is 0 Å². The zero-order chi connectivity index (χ0) is 7.72. The molecule has 1 heterocycles. The van der Waals surface area contributed by atoms with Crippen molar-refractivity contribution in [1.82, 2.24) is 9.97 Å². The molecule has 1 aromatic rings. The molecule has 0 fully saturated rings. The van der Waals surface area contributed by atoms with Crippen molar-refractivity contribution >= 4 is 62.2 Å². The fraction of sp³-hybridized carbons (Fsp3) is 0. The van der Waals surface area contributed by atoms with Gasteiger partial charge in [0.1, 0.15) is 0 Å². The van der Waals surface area contributed by atoms with Gasteiger partial charge in [-0.2, -0.15) is 0 Å². The van der Waals surface area contributed by atoms with Crippen LogP contribution in [0.15, 0.2) is 0 Å². The first kappa shape index (κ1) is 8.05. The third-order valence-corrected chi connectivity index (χ3v) is 7.51. The second-order valence-electron chi connectivity index (χ2n) is 2.57. The van der Waals surface area contributed by atoms with Crippen molar-refractivity contribution in [2.24, 2.45) is 0 Å². The molecule has 10 heavy (non-hydrogen) atoms. The Morgan fingerprint density at radius 1 is 0.600 bits per heavy atom. The molecule has 0 aliphatic rings. The minimum Gasteiger partial charge on any atom is -0.267 e. The van der Waals surface area contributed by atoms with Gasteiger partial charge in [0, 0.05) is 21.3 Å². The summed E-state index contributed by atoms with van der Waals surface area (Å²) in [4.78, 5) is 9.01. The molecule has 0 bridgehead atoms. The van der Waals surface area contributed by atoms with Crippen molar-refractivity contribution in [2.75, 3.05) is 0 Å².